The van der Waals surface area contributed by atoms with Crippen LogP contribution in [0.5, 0.6) is 0 Å². The first-order chi connectivity index (χ1) is 14.1. The van der Waals surface area contributed by atoms with E-state index in [9.17, 15) is 9.59 Å². The molecule has 0 saturated carbocycles. The minimum atomic E-state index is -0.582. The van der Waals surface area contributed by atoms with Crippen LogP contribution < -0.4 is 11.3 Å². The minimum Gasteiger partial charge on any atom is -0.468 e. The van der Waals surface area contributed by atoms with Gasteiger partial charge in [0.05, 0.1) is 30.3 Å². The summed E-state index contributed by atoms with van der Waals surface area (Å²) in [6.07, 6.45) is 1.63. The molecule has 0 saturated heterocycles. The lowest BCUT2D eigenvalue weighted by atomic mass is 10.2. The zero-order valence-electron chi connectivity index (χ0n) is 15.7. The first-order valence-corrected chi connectivity index (χ1v) is 10.0. The number of rotatable bonds is 8. The molecule has 2 N–H and O–H groups in total. The number of carbonyl (C=O) groups is 1. The van der Waals surface area contributed by atoms with E-state index in [-0.39, 0.29) is 12.1 Å². The molecule has 0 aliphatic heterocycles. The Hall–Kier alpha value is -3.23. The van der Waals surface area contributed by atoms with Crippen LogP contribution in [-0.4, -0.2) is 20.4 Å². The molecule has 0 unspecified atom stereocenters. The van der Waals surface area contributed by atoms with Crippen LogP contribution in [0.1, 0.15) is 16.5 Å². The van der Waals surface area contributed by atoms with Crippen LogP contribution in [0.15, 0.2) is 69.4 Å². The van der Waals surface area contributed by atoms with Crippen molar-refractivity contribution in [2.75, 3.05) is 0 Å². The summed E-state index contributed by atoms with van der Waals surface area (Å²) >= 11 is 1.66. The molecule has 0 aliphatic rings. The highest BCUT2D eigenvalue weighted by Gasteiger charge is 2.17. The van der Waals surface area contributed by atoms with E-state index in [1.165, 1.54) is 9.44 Å². The van der Waals surface area contributed by atoms with Gasteiger partial charge >= 0.3 is 0 Å². The van der Waals surface area contributed by atoms with Crippen LogP contribution in [0.4, 0.5) is 0 Å². The van der Waals surface area contributed by atoms with Crippen molar-refractivity contribution in [3.63, 3.8) is 0 Å². The smallest absolute Gasteiger partial charge is 0.261 e. The maximum Gasteiger partial charge on any atom is 0.261 e. The average Bonchev–Trinajstić information content (AvgIpc) is 3.39. The van der Waals surface area contributed by atoms with E-state index >= 15 is 0 Å². The van der Waals surface area contributed by atoms with Crippen molar-refractivity contribution < 1.29 is 9.21 Å². The molecule has 3 aromatic heterocycles. The Morgan fingerprint density at radius 3 is 2.69 bits per heavy atom. The molecule has 0 radical (unpaired) electrons. The van der Waals surface area contributed by atoms with Gasteiger partial charge in [-0.3, -0.25) is 19.1 Å². The van der Waals surface area contributed by atoms with Gasteiger partial charge in [0, 0.05) is 11.4 Å². The number of thiophene rings is 1. The zero-order valence-corrected chi connectivity index (χ0v) is 16.5. The van der Waals surface area contributed by atoms with E-state index in [1.807, 2.05) is 29.6 Å². The van der Waals surface area contributed by atoms with Gasteiger partial charge < -0.3 is 10.2 Å². The first kappa shape index (κ1) is 19.1. The maximum absolute atomic E-state index is 13.0. The summed E-state index contributed by atoms with van der Waals surface area (Å²) in [5.41, 5.74) is 5.74. The molecule has 1 aromatic carbocycles. The topological polar surface area (TPSA) is 94.4 Å². The third kappa shape index (κ3) is 4.44. The number of hydrogen-bond acceptors (Lipinski definition) is 6. The SMILES string of the molecule is NC(=O)Cn1c(CN(Cc2ccco2)Cc2cccs2)nc2ccccc2c1=O. The molecule has 0 aliphatic carbocycles. The van der Waals surface area contributed by atoms with Gasteiger partial charge in [-0.25, -0.2) is 4.98 Å². The van der Waals surface area contributed by atoms with Crippen molar-refractivity contribution >= 4 is 28.1 Å². The van der Waals surface area contributed by atoms with Crippen LogP contribution in [0.2, 0.25) is 0 Å². The number of amides is 1. The number of para-hydroxylation sites is 1. The third-order valence-corrected chi connectivity index (χ3v) is 5.40. The van der Waals surface area contributed by atoms with Crippen molar-refractivity contribution in [2.24, 2.45) is 5.73 Å². The summed E-state index contributed by atoms with van der Waals surface area (Å²) < 4.78 is 6.88. The Kier molecular flexibility index (Phi) is 5.55. The summed E-state index contributed by atoms with van der Waals surface area (Å²) in [6.45, 7) is 1.37. The Morgan fingerprint density at radius 1 is 1.10 bits per heavy atom. The summed E-state index contributed by atoms with van der Waals surface area (Å²) in [5, 5.41) is 2.49. The lowest BCUT2D eigenvalue weighted by Crippen LogP contribution is -2.34. The number of hydrogen-bond donors (Lipinski definition) is 1. The van der Waals surface area contributed by atoms with Gasteiger partial charge in [0.1, 0.15) is 18.1 Å². The molecule has 0 spiro atoms. The van der Waals surface area contributed by atoms with Crippen molar-refractivity contribution in [2.45, 2.75) is 26.2 Å². The number of nitrogens with zero attached hydrogens (tertiary/aromatic N) is 3. The molecule has 8 heteroatoms. The van der Waals surface area contributed by atoms with Crippen molar-refractivity contribution in [3.8, 4) is 0 Å². The Labute approximate surface area is 171 Å². The highest BCUT2D eigenvalue weighted by Crippen LogP contribution is 2.18. The molecule has 29 heavy (non-hydrogen) atoms. The number of nitrogens with two attached hydrogens (primary N) is 1. The van der Waals surface area contributed by atoms with Crippen LogP contribution in [0.25, 0.3) is 10.9 Å². The fraction of sp³-hybridized carbons (Fsp3) is 0.190. The molecule has 148 valence electrons. The first-order valence-electron chi connectivity index (χ1n) is 9.14. The number of aromatic nitrogens is 2. The summed E-state index contributed by atoms with van der Waals surface area (Å²) in [7, 11) is 0. The number of benzene rings is 1. The molecule has 4 rings (SSSR count). The van der Waals surface area contributed by atoms with Gasteiger partial charge in [0.15, 0.2) is 0 Å². The summed E-state index contributed by atoms with van der Waals surface area (Å²) in [5.74, 6) is 0.725. The van der Waals surface area contributed by atoms with Crippen molar-refractivity contribution in [1.29, 1.82) is 0 Å². The molecular weight excluding hydrogens is 388 g/mol. The predicted molar refractivity (Wildman–Crippen MR) is 111 cm³/mol. The molecule has 0 atom stereocenters. The van der Waals surface area contributed by atoms with Crippen LogP contribution >= 0.6 is 11.3 Å². The molecule has 0 bridgehead atoms. The van der Waals surface area contributed by atoms with Gasteiger partial charge in [-0.05, 0) is 35.7 Å². The second-order valence-electron chi connectivity index (χ2n) is 6.71. The maximum atomic E-state index is 13.0. The van der Waals surface area contributed by atoms with Gasteiger partial charge in [-0.15, -0.1) is 11.3 Å². The Morgan fingerprint density at radius 2 is 1.97 bits per heavy atom. The fourth-order valence-electron chi connectivity index (χ4n) is 3.27. The lowest BCUT2D eigenvalue weighted by molar-refractivity contribution is -0.118. The van der Waals surface area contributed by atoms with E-state index in [0.29, 0.717) is 36.4 Å². The summed E-state index contributed by atoms with van der Waals surface area (Å²) in [4.78, 5) is 32.6. The van der Waals surface area contributed by atoms with Crippen molar-refractivity contribution in [3.05, 3.63) is 87.0 Å². The summed E-state index contributed by atoms with van der Waals surface area (Å²) in [6, 6.07) is 14.9. The average molecular weight is 408 g/mol. The number of primary amides is 1. The monoisotopic (exact) mass is 408 g/mol. The second kappa shape index (κ2) is 8.42. The standard InChI is InChI=1S/C21H20N4O3S/c22-19(26)13-25-20(23-18-8-2-1-7-17(18)21(25)27)14-24(11-15-5-3-9-28-15)12-16-6-4-10-29-16/h1-10H,11-14H2,(H2,22,26). The number of furan rings is 1. The highest BCUT2D eigenvalue weighted by atomic mass is 32.1. The largest absolute Gasteiger partial charge is 0.468 e. The van der Waals surface area contributed by atoms with Gasteiger partial charge in [0.25, 0.3) is 5.56 Å². The molecule has 3 heterocycles. The van der Waals surface area contributed by atoms with Gasteiger partial charge in [0.2, 0.25) is 5.91 Å². The highest BCUT2D eigenvalue weighted by molar-refractivity contribution is 7.09. The molecule has 4 aromatic rings. The number of fused-ring (bicyclic) bond motifs is 1. The fourth-order valence-corrected chi connectivity index (χ4v) is 4.01. The predicted octanol–water partition coefficient (Wildman–Crippen LogP) is 2.74. The molecule has 0 fully saturated rings. The van der Waals surface area contributed by atoms with Crippen LogP contribution in [0, 0.1) is 0 Å². The Balaban J connectivity index is 1.73. The third-order valence-electron chi connectivity index (χ3n) is 4.54. The quantitative estimate of drug-likeness (QED) is 0.484. The van der Waals surface area contributed by atoms with E-state index in [0.717, 1.165) is 5.76 Å². The lowest BCUT2D eigenvalue weighted by Gasteiger charge is -2.22. The zero-order chi connectivity index (χ0) is 20.2. The number of carbonyl (C=O) groups excluding carboxylic acids is 1. The normalized spacial score (nSPS) is 11.3. The van der Waals surface area contributed by atoms with Crippen LogP contribution in [-0.2, 0) is 31.0 Å². The Bertz CT molecular complexity index is 1130. The van der Waals surface area contributed by atoms with E-state index in [1.54, 1.807) is 35.8 Å². The second-order valence-corrected chi connectivity index (χ2v) is 7.74. The molecular formula is C21H20N4O3S. The molecule has 1 amide bonds. The van der Waals surface area contributed by atoms with Gasteiger partial charge in [-0.2, -0.15) is 0 Å². The van der Waals surface area contributed by atoms with Crippen molar-refractivity contribution in [1.82, 2.24) is 14.5 Å². The van der Waals surface area contributed by atoms with E-state index in [4.69, 9.17) is 10.2 Å². The van der Waals surface area contributed by atoms with Crippen LogP contribution in [0.3, 0.4) is 0 Å². The van der Waals surface area contributed by atoms with E-state index in [2.05, 4.69) is 16.0 Å². The minimum absolute atomic E-state index is 0.209. The molecule has 7 nitrogen and oxygen atoms in total. The van der Waals surface area contributed by atoms with Gasteiger partial charge in [-0.1, -0.05) is 18.2 Å². The van der Waals surface area contributed by atoms with E-state index < -0.39 is 5.91 Å².